The maximum absolute atomic E-state index is 8.38. The fraction of sp³-hybridized carbons (Fsp3) is 0.250. The summed E-state index contributed by atoms with van der Waals surface area (Å²) in [5.74, 6) is 0.0885. The molecule has 4 nitrogen and oxygen atoms in total. The second-order valence-corrected chi connectivity index (χ2v) is 2.61. The fourth-order valence-corrected chi connectivity index (χ4v) is 0.841. The highest BCUT2D eigenvalue weighted by atomic mass is 16.4. The third-order valence-electron chi connectivity index (χ3n) is 1.74. The van der Waals surface area contributed by atoms with Crippen LogP contribution in [0.2, 0.25) is 0 Å². The van der Waals surface area contributed by atoms with Gasteiger partial charge in [0.25, 0.3) is 0 Å². The first kappa shape index (κ1) is 8.52. The predicted octanol–water partition coefficient (Wildman–Crippen LogP) is 0.793. The van der Waals surface area contributed by atoms with Crippen molar-refractivity contribution in [2.45, 2.75) is 13.8 Å². The highest BCUT2D eigenvalue weighted by Gasteiger charge is 2.00. The molecule has 0 aliphatic carbocycles. The Morgan fingerprint density at radius 2 is 2.25 bits per heavy atom. The van der Waals surface area contributed by atoms with Crippen molar-refractivity contribution in [1.29, 1.82) is 0 Å². The number of rotatable bonds is 1. The van der Waals surface area contributed by atoms with Crippen LogP contribution in [-0.2, 0) is 0 Å². The normalized spacial score (nSPS) is 11.7. The topological polar surface area (TPSA) is 71.5 Å². The minimum Gasteiger partial charge on any atom is -0.409 e. The summed E-state index contributed by atoms with van der Waals surface area (Å²) in [5, 5.41) is 11.3. The predicted molar refractivity (Wildman–Crippen MR) is 46.2 cm³/mol. The number of hydrogen-bond acceptors (Lipinski definition) is 3. The van der Waals surface area contributed by atoms with Crippen molar-refractivity contribution >= 4 is 5.84 Å². The molecule has 0 radical (unpaired) electrons. The van der Waals surface area contributed by atoms with Crippen molar-refractivity contribution in [2.24, 2.45) is 10.9 Å². The number of nitrogens with two attached hydrogens (primary N) is 1. The largest absolute Gasteiger partial charge is 0.409 e. The van der Waals surface area contributed by atoms with Gasteiger partial charge in [0, 0.05) is 17.5 Å². The lowest BCUT2D eigenvalue weighted by Gasteiger charge is -2.01. The Morgan fingerprint density at radius 1 is 1.58 bits per heavy atom. The van der Waals surface area contributed by atoms with E-state index in [1.165, 1.54) is 0 Å². The Hall–Kier alpha value is -1.58. The summed E-state index contributed by atoms with van der Waals surface area (Å²) in [6.07, 6.45) is 1.58. The van der Waals surface area contributed by atoms with Crippen molar-refractivity contribution < 1.29 is 5.21 Å². The molecule has 12 heavy (non-hydrogen) atoms. The van der Waals surface area contributed by atoms with Crippen molar-refractivity contribution in [3.8, 4) is 0 Å². The number of oxime groups is 1. The van der Waals surface area contributed by atoms with Crippen LogP contribution in [-0.4, -0.2) is 16.0 Å². The number of aromatic nitrogens is 1. The molecule has 1 aromatic rings. The molecule has 3 N–H and O–H groups in total. The third kappa shape index (κ3) is 1.53. The molecule has 0 unspecified atom stereocenters. The molecule has 64 valence electrons. The maximum atomic E-state index is 8.38. The zero-order valence-corrected chi connectivity index (χ0v) is 7.07. The van der Waals surface area contributed by atoms with E-state index in [9.17, 15) is 0 Å². The van der Waals surface area contributed by atoms with Gasteiger partial charge in [-0.05, 0) is 25.5 Å². The molecule has 1 rings (SSSR count). The number of hydrogen-bond donors (Lipinski definition) is 2. The van der Waals surface area contributed by atoms with E-state index in [1.807, 2.05) is 19.9 Å². The third-order valence-corrected chi connectivity index (χ3v) is 1.74. The van der Waals surface area contributed by atoms with Gasteiger partial charge in [-0.3, -0.25) is 4.98 Å². The van der Waals surface area contributed by atoms with Crippen molar-refractivity contribution in [1.82, 2.24) is 4.98 Å². The van der Waals surface area contributed by atoms with Crippen LogP contribution in [0.5, 0.6) is 0 Å². The summed E-state index contributed by atoms with van der Waals surface area (Å²) in [7, 11) is 0. The van der Waals surface area contributed by atoms with Crippen molar-refractivity contribution in [3.05, 3.63) is 29.1 Å². The molecule has 0 fully saturated rings. The average Bonchev–Trinajstić information content (AvgIpc) is 2.08. The van der Waals surface area contributed by atoms with Gasteiger partial charge in [0.05, 0.1) is 0 Å². The monoisotopic (exact) mass is 165 g/mol. The van der Waals surface area contributed by atoms with E-state index < -0.39 is 0 Å². The molecule has 4 heteroatoms. The van der Waals surface area contributed by atoms with Gasteiger partial charge in [-0.15, -0.1) is 0 Å². The second kappa shape index (κ2) is 3.21. The molecule has 0 atom stereocenters. The van der Waals surface area contributed by atoms with Crippen molar-refractivity contribution in [2.75, 3.05) is 0 Å². The Kier molecular flexibility index (Phi) is 2.28. The molecule has 0 bridgehead atoms. The van der Waals surface area contributed by atoms with Gasteiger partial charge >= 0.3 is 0 Å². The van der Waals surface area contributed by atoms with Crippen LogP contribution in [0, 0.1) is 13.8 Å². The second-order valence-electron chi connectivity index (χ2n) is 2.61. The minimum absolute atomic E-state index is 0.0885. The van der Waals surface area contributed by atoms with Crippen LogP contribution in [0.3, 0.4) is 0 Å². The first-order valence-corrected chi connectivity index (χ1v) is 3.56. The molecule has 0 aliphatic heterocycles. The van der Waals surface area contributed by atoms with Gasteiger partial charge in [-0.25, -0.2) is 0 Å². The Morgan fingerprint density at radius 3 is 2.75 bits per heavy atom. The van der Waals surface area contributed by atoms with Crippen LogP contribution < -0.4 is 5.73 Å². The molecule has 1 aromatic heterocycles. The van der Waals surface area contributed by atoms with E-state index in [-0.39, 0.29) is 5.84 Å². The van der Waals surface area contributed by atoms with E-state index in [0.29, 0.717) is 5.56 Å². The SMILES string of the molecule is Cc1cc(C(N)=NO)cnc1C. The molecule has 0 amide bonds. The highest BCUT2D eigenvalue weighted by molar-refractivity contribution is 5.96. The summed E-state index contributed by atoms with van der Waals surface area (Å²) in [4.78, 5) is 4.08. The van der Waals surface area contributed by atoms with Gasteiger partial charge < -0.3 is 10.9 Å². The summed E-state index contributed by atoms with van der Waals surface area (Å²) < 4.78 is 0. The van der Waals surface area contributed by atoms with Crippen molar-refractivity contribution in [3.63, 3.8) is 0 Å². The molecule has 0 aliphatic rings. The van der Waals surface area contributed by atoms with Gasteiger partial charge in [0.1, 0.15) is 0 Å². The summed E-state index contributed by atoms with van der Waals surface area (Å²) in [6.45, 7) is 3.84. The molecule has 0 saturated heterocycles. The highest BCUT2D eigenvalue weighted by Crippen LogP contribution is 2.05. The van der Waals surface area contributed by atoms with Crippen LogP contribution in [0.4, 0.5) is 0 Å². The quantitative estimate of drug-likeness (QED) is 0.280. The van der Waals surface area contributed by atoms with Crippen LogP contribution >= 0.6 is 0 Å². The number of nitrogens with zero attached hydrogens (tertiary/aromatic N) is 2. The Labute approximate surface area is 70.7 Å². The maximum Gasteiger partial charge on any atom is 0.171 e. The van der Waals surface area contributed by atoms with Crippen LogP contribution in [0.15, 0.2) is 17.4 Å². The molecule has 0 saturated carbocycles. The van der Waals surface area contributed by atoms with Gasteiger partial charge in [0.15, 0.2) is 5.84 Å². The lowest BCUT2D eigenvalue weighted by atomic mass is 10.1. The molecular weight excluding hydrogens is 154 g/mol. The molecular formula is C8H11N3O. The van der Waals surface area contributed by atoms with E-state index in [1.54, 1.807) is 6.20 Å². The average molecular weight is 165 g/mol. The van der Waals surface area contributed by atoms with E-state index in [2.05, 4.69) is 10.1 Å². The van der Waals surface area contributed by atoms with E-state index in [4.69, 9.17) is 10.9 Å². The molecule has 1 heterocycles. The molecule has 0 aromatic carbocycles. The van der Waals surface area contributed by atoms with Gasteiger partial charge in [0.2, 0.25) is 0 Å². The zero-order valence-electron chi connectivity index (χ0n) is 7.07. The minimum atomic E-state index is 0.0885. The lowest BCUT2D eigenvalue weighted by Crippen LogP contribution is -2.13. The first-order valence-electron chi connectivity index (χ1n) is 3.56. The Bertz CT molecular complexity index is 320. The summed E-state index contributed by atoms with van der Waals surface area (Å²) in [5.41, 5.74) is 7.99. The lowest BCUT2D eigenvalue weighted by molar-refractivity contribution is 0.318. The first-order chi connectivity index (χ1) is 5.65. The van der Waals surface area contributed by atoms with E-state index >= 15 is 0 Å². The number of aryl methyl sites for hydroxylation is 2. The molecule has 0 spiro atoms. The van der Waals surface area contributed by atoms with Gasteiger partial charge in [-0.2, -0.15) is 0 Å². The standard InChI is InChI=1S/C8H11N3O/c1-5-3-7(8(9)11-12)4-10-6(5)2/h3-4,12H,1-2H3,(H2,9,11). The van der Waals surface area contributed by atoms with Crippen LogP contribution in [0.1, 0.15) is 16.8 Å². The van der Waals surface area contributed by atoms with Crippen LogP contribution in [0.25, 0.3) is 0 Å². The number of pyridine rings is 1. The van der Waals surface area contributed by atoms with Gasteiger partial charge in [-0.1, -0.05) is 5.16 Å². The Balaban J connectivity index is 3.13. The fourth-order valence-electron chi connectivity index (χ4n) is 0.841. The summed E-state index contributed by atoms with van der Waals surface area (Å²) >= 11 is 0. The van der Waals surface area contributed by atoms with E-state index in [0.717, 1.165) is 11.3 Å². The smallest absolute Gasteiger partial charge is 0.171 e. The number of amidine groups is 1. The zero-order chi connectivity index (χ0) is 9.14. The summed E-state index contributed by atoms with van der Waals surface area (Å²) in [6, 6.07) is 1.83.